The molecule has 0 saturated heterocycles. The van der Waals surface area contributed by atoms with Gasteiger partial charge in [0.25, 0.3) is 0 Å². The van der Waals surface area contributed by atoms with Crippen molar-refractivity contribution >= 4 is 11.4 Å². The van der Waals surface area contributed by atoms with E-state index in [0.717, 1.165) is 37.1 Å². The molecular formula is C13H22N2O. The third-order valence-corrected chi connectivity index (χ3v) is 2.53. The Labute approximate surface area is 97.8 Å². The Morgan fingerprint density at radius 2 is 1.94 bits per heavy atom. The fourth-order valence-electron chi connectivity index (χ4n) is 1.74. The monoisotopic (exact) mass is 222 g/mol. The maximum absolute atomic E-state index is 5.96. The number of nitrogens with two attached hydrogens (primary N) is 2. The summed E-state index contributed by atoms with van der Waals surface area (Å²) in [6.45, 7) is 5.03. The highest BCUT2D eigenvalue weighted by atomic mass is 16.5. The third kappa shape index (κ3) is 3.42. The number of nitrogen functional groups attached to an aromatic ring is 2. The van der Waals surface area contributed by atoms with Crippen molar-refractivity contribution in [1.82, 2.24) is 0 Å². The number of benzene rings is 1. The molecule has 1 aromatic rings. The summed E-state index contributed by atoms with van der Waals surface area (Å²) >= 11 is 0. The third-order valence-electron chi connectivity index (χ3n) is 2.53. The van der Waals surface area contributed by atoms with Crippen LogP contribution in [0.25, 0.3) is 0 Å². The summed E-state index contributed by atoms with van der Waals surface area (Å²) in [6.07, 6.45) is 3.20. The largest absolute Gasteiger partial charge is 0.399 e. The van der Waals surface area contributed by atoms with Gasteiger partial charge in [0.2, 0.25) is 0 Å². The summed E-state index contributed by atoms with van der Waals surface area (Å²) < 4.78 is 5.82. The van der Waals surface area contributed by atoms with Crippen LogP contribution in [0.4, 0.5) is 11.4 Å². The van der Waals surface area contributed by atoms with Crippen LogP contribution >= 0.6 is 0 Å². The Bertz CT molecular complexity index is 326. The van der Waals surface area contributed by atoms with E-state index in [1.807, 2.05) is 12.1 Å². The number of hydrogen-bond donors (Lipinski definition) is 2. The first-order chi connectivity index (χ1) is 7.69. The standard InChI is InChI=1S/C13H22N2O/c1-3-5-13(16-8-4-2)11-7-6-10(14)9-12(11)15/h6-7,9,13H,3-5,8,14-15H2,1-2H3. The van der Waals surface area contributed by atoms with E-state index in [2.05, 4.69) is 13.8 Å². The van der Waals surface area contributed by atoms with Gasteiger partial charge in [-0.1, -0.05) is 26.3 Å². The van der Waals surface area contributed by atoms with E-state index in [-0.39, 0.29) is 6.10 Å². The lowest BCUT2D eigenvalue weighted by Gasteiger charge is -2.19. The second kappa shape index (κ2) is 6.38. The van der Waals surface area contributed by atoms with Gasteiger partial charge in [-0.3, -0.25) is 0 Å². The van der Waals surface area contributed by atoms with Crippen molar-refractivity contribution in [3.8, 4) is 0 Å². The topological polar surface area (TPSA) is 61.3 Å². The van der Waals surface area contributed by atoms with Gasteiger partial charge in [-0.05, 0) is 25.0 Å². The van der Waals surface area contributed by atoms with Crippen molar-refractivity contribution in [1.29, 1.82) is 0 Å². The van der Waals surface area contributed by atoms with Crippen LogP contribution in [0, 0.1) is 0 Å². The molecule has 0 saturated carbocycles. The number of ether oxygens (including phenoxy) is 1. The summed E-state index contributed by atoms with van der Waals surface area (Å²) in [6, 6.07) is 5.65. The Balaban J connectivity index is 2.82. The summed E-state index contributed by atoms with van der Waals surface area (Å²) in [7, 11) is 0. The zero-order chi connectivity index (χ0) is 12.0. The lowest BCUT2D eigenvalue weighted by atomic mass is 10.0. The van der Waals surface area contributed by atoms with Gasteiger partial charge in [0, 0.05) is 23.5 Å². The number of rotatable bonds is 6. The molecule has 0 aromatic heterocycles. The van der Waals surface area contributed by atoms with Crippen LogP contribution in [0.5, 0.6) is 0 Å². The molecule has 0 fully saturated rings. The fourth-order valence-corrected chi connectivity index (χ4v) is 1.74. The molecule has 1 aromatic carbocycles. The minimum atomic E-state index is 0.102. The van der Waals surface area contributed by atoms with E-state index >= 15 is 0 Å². The first kappa shape index (κ1) is 12.8. The molecule has 16 heavy (non-hydrogen) atoms. The first-order valence-electron chi connectivity index (χ1n) is 5.95. The Morgan fingerprint density at radius 1 is 1.19 bits per heavy atom. The van der Waals surface area contributed by atoms with Gasteiger partial charge >= 0.3 is 0 Å². The minimum absolute atomic E-state index is 0.102. The van der Waals surface area contributed by atoms with Crippen molar-refractivity contribution < 1.29 is 4.74 Å². The van der Waals surface area contributed by atoms with Gasteiger partial charge < -0.3 is 16.2 Å². The smallest absolute Gasteiger partial charge is 0.0844 e. The molecule has 0 aliphatic rings. The summed E-state index contributed by atoms with van der Waals surface area (Å²) in [5, 5.41) is 0. The highest BCUT2D eigenvalue weighted by Gasteiger charge is 2.13. The molecule has 90 valence electrons. The zero-order valence-corrected chi connectivity index (χ0v) is 10.2. The molecular weight excluding hydrogens is 200 g/mol. The molecule has 1 unspecified atom stereocenters. The molecule has 1 rings (SSSR count). The SMILES string of the molecule is CCCOC(CCC)c1ccc(N)cc1N. The molecule has 0 heterocycles. The van der Waals surface area contributed by atoms with E-state index in [1.165, 1.54) is 0 Å². The molecule has 3 heteroatoms. The van der Waals surface area contributed by atoms with Crippen molar-refractivity contribution in [2.24, 2.45) is 0 Å². The van der Waals surface area contributed by atoms with Crippen LogP contribution in [0.2, 0.25) is 0 Å². The molecule has 0 radical (unpaired) electrons. The van der Waals surface area contributed by atoms with Crippen molar-refractivity contribution in [3.05, 3.63) is 23.8 Å². The molecule has 0 bridgehead atoms. The number of anilines is 2. The highest BCUT2D eigenvalue weighted by molar-refractivity contribution is 5.57. The maximum Gasteiger partial charge on any atom is 0.0844 e. The van der Waals surface area contributed by atoms with Crippen molar-refractivity contribution in [2.75, 3.05) is 18.1 Å². The van der Waals surface area contributed by atoms with E-state index in [4.69, 9.17) is 16.2 Å². The van der Waals surface area contributed by atoms with Crippen LogP contribution in [0.15, 0.2) is 18.2 Å². The van der Waals surface area contributed by atoms with Crippen molar-refractivity contribution in [2.45, 2.75) is 39.2 Å². The molecule has 0 aliphatic carbocycles. The lowest BCUT2D eigenvalue weighted by molar-refractivity contribution is 0.0470. The van der Waals surface area contributed by atoms with E-state index in [0.29, 0.717) is 5.69 Å². The average Bonchev–Trinajstić information content (AvgIpc) is 2.25. The molecule has 1 atom stereocenters. The molecule has 3 nitrogen and oxygen atoms in total. The molecule has 0 amide bonds. The second-order valence-corrected chi connectivity index (χ2v) is 4.04. The van der Waals surface area contributed by atoms with Gasteiger partial charge in [-0.2, -0.15) is 0 Å². The Morgan fingerprint density at radius 3 is 2.50 bits per heavy atom. The van der Waals surface area contributed by atoms with Crippen LogP contribution in [0.1, 0.15) is 44.8 Å². The van der Waals surface area contributed by atoms with Gasteiger partial charge in [0.1, 0.15) is 0 Å². The van der Waals surface area contributed by atoms with E-state index in [9.17, 15) is 0 Å². The minimum Gasteiger partial charge on any atom is -0.399 e. The fraction of sp³-hybridized carbons (Fsp3) is 0.538. The van der Waals surface area contributed by atoms with Crippen LogP contribution < -0.4 is 11.5 Å². The van der Waals surface area contributed by atoms with Crippen LogP contribution in [-0.2, 0) is 4.74 Å². The Hall–Kier alpha value is -1.22. The van der Waals surface area contributed by atoms with Gasteiger partial charge in [-0.25, -0.2) is 0 Å². The second-order valence-electron chi connectivity index (χ2n) is 4.04. The summed E-state index contributed by atoms with van der Waals surface area (Å²) in [4.78, 5) is 0. The average molecular weight is 222 g/mol. The summed E-state index contributed by atoms with van der Waals surface area (Å²) in [5.74, 6) is 0. The molecule has 4 N–H and O–H groups in total. The predicted octanol–water partition coefficient (Wildman–Crippen LogP) is 3.12. The van der Waals surface area contributed by atoms with E-state index in [1.54, 1.807) is 6.07 Å². The first-order valence-corrected chi connectivity index (χ1v) is 5.95. The predicted molar refractivity (Wildman–Crippen MR) is 69.2 cm³/mol. The zero-order valence-electron chi connectivity index (χ0n) is 10.2. The normalized spacial score (nSPS) is 12.6. The van der Waals surface area contributed by atoms with Gasteiger partial charge in [0.05, 0.1) is 6.10 Å². The summed E-state index contributed by atoms with van der Waals surface area (Å²) in [5.41, 5.74) is 14.1. The van der Waals surface area contributed by atoms with Gasteiger partial charge in [0.15, 0.2) is 0 Å². The van der Waals surface area contributed by atoms with Crippen molar-refractivity contribution in [3.63, 3.8) is 0 Å². The molecule has 0 aliphatic heterocycles. The molecule has 0 spiro atoms. The van der Waals surface area contributed by atoms with Crippen LogP contribution in [-0.4, -0.2) is 6.61 Å². The van der Waals surface area contributed by atoms with Crippen LogP contribution in [0.3, 0.4) is 0 Å². The van der Waals surface area contributed by atoms with Gasteiger partial charge in [-0.15, -0.1) is 0 Å². The van der Waals surface area contributed by atoms with E-state index < -0.39 is 0 Å². The lowest BCUT2D eigenvalue weighted by Crippen LogP contribution is -2.08. The quantitative estimate of drug-likeness (QED) is 0.727. The highest BCUT2D eigenvalue weighted by Crippen LogP contribution is 2.29. The maximum atomic E-state index is 5.96. The Kier molecular flexibility index (Phi) is 5.12. The number of hydrogen-bond acceptors (Lipinski definition) is 3.